The normalized spacial score (nSPS) is 20.4. The van der Waals surface area contributed by atoms with Crippen molar-refractivity contribution in [1.82, 2.24) is 0 Å². The van der Waals surface area contributed by atoms with Crippen LogP contribution in [-0.2, 0) is 15.9 Å². The van der Waals surface area contributed by atoms with E-state index in [1.165, 1.54) is 6.42 Å². The quantitative estimate of drug-likeness (QED) is 0.799. The minimum atomic E-state index is 0.00734. The van der Waals surface area contributed by atoms with Crippen LogP contribution in [0.4, 0.5) is 0 Å². The first-order valence-electron chi connectivity index (χ1n) is 6.36. The summed E-state index contributed by atoms with van der Waals surface area (Å²) >= 11 is 0. The first-order valence-corrected chi connectivity index (χ1v) is 6.36. The lowest BCUT2D eigenvalue weighted by atomic mass is 10.1. The van der Waals surface area contributed by atoms with Gasteiger partial charge < -0.3 is 14.6 Å². The van der Waals surface area contributed by atoms with Gasteiger partial charge in [-0.15, -0.1) is 0 Å². The number of aromatic hydroxyl groups is 1. The maximum atomic E-state index is 9.32. The summed E-state index contributed by atoms with van der Waals surface area (Å²) in [6.07, 6.45) is 5.28. The van der Waals surface area contributed by atoms with Crippen LogP contribution in [-0.4, -0.2) is 24.6 Å². The molecule has 3 nitrogen and oxygen atoms in total. The fourth-order valence-corrected chi connectivity index (χ4v) is 2.05. The molecule has 0 aliphatic carbocycles. The van der Waals surface area contributed by atoms with Crippen molar-refractivity contribution in [2.24, 2.45) is 0 Å². The summed E-state index contributed by atoms with van der Waals surface area (Å²) in [5.74, 6) is 0.332. The van der Waals surface area contributed by atoms with Gasteiger partial charge in [-0.2, -0.15) is 0 Å². The Bertz CT molecular complexity index is 332. The van der Waals surface area contributed by atoms with Gasteiger partial charge in [-0.1, -0.05) is 12.1 Å². The van der Waals surface area contributed by atoms with E-state index in [4.69, 9.17) is 9.47 Å². The molecule has 0 bridgehead atoms. The third-order valence-electron chi connectivity index (χ3n) is 2.96. The highest BCUT2D eigenvalue weighted by atomic mass is 16.7. The second kappa shape index (κ2) is 6.62. The standard InChI is InChI=1S/C14H20O3/c15-13-7-3-5-12(11-13)6-4-10-17-14-8-1-2-9-16-14/h3,5,7,11,14-15H,1-2,4,6,8-10H2. The van der Waals surface area contributed by atoms with Crippen molar-refractivity contribution < 1.29 is 14.6 Å². The van der Waals surface area contributed by atoms with Gasteiger partial charge in [0.05, 0.1) is 6.61 Å². The summed E-state index contributed by atoms with van der Waals surface area (Å²) in [4.78, 5) is 0. The maximum Gasteiger partial charge on any atom is 0.157 e. The van der Waals surface area contributed by atoms with Crippen molar-refractivity contribution in [3.05, 3.63) is 29.8 Å². The average molecular weight is 236 g/mol. The average Bonchev–Trinajstić information content (AvgIpc) is 2.36. The van der Waals surface area contributed by atoms with Crippen LogP contribution in [0.3, 0.4) is 0 Å². The molecular formula is C14H20O3. The highest BCUT2D eigenvalue weighted by Gasteiger charge is 2.13. The lowest BCUT2D eigenvalue weighted by Gasteiger charge is -2.22. The Hall–Kier alpha value is -1.06. The zero-order chi connectivity index (χ0) is 11.9. The Morgan fingerprint density at radius 1 is 1.35 bits per heavy atom. The van der Waals surface area contributed by atoms with Gasteiger partial charge in [0.15, 0.2) is 6.29 Å². The van der Waals surface area contributed by atoms with Gasteiger partial charge in [-0.3, -0.25) is 0 Å². The maximum absolute atomic E-state index is 9.32. The van der Waals surface area contributed by atoms with Crippen molar-refractivity contribution in [1.29, 1.82) is 0 Å². The minimum absolute atomic E-state index is 0.00734. The van der Waals surface area contributed by atoms with Gasteiger partial charge in [0.25, 0.3) is 0 Å². The van der Waals surface area contributed by atoms with E-state index in [9.17, 15) is 5.11 Å². The molecule has 0 spiro atoms. The molecule has 1 aromatic carbocycles. The van der Waals surface area contributed by atoms with Gasteiger partial charge >= 0.3 is 0 Å². The van der Waals surface area contributed by atoms with Crippen LogP contribution < -0.4 is 0 Å². The molecule has 1 N–H and O–H groups in total. The lowest BCUT2D eigenvalue weighted by molar-refractivity contribution is -0.162. The van der Waals surface area contributed by atoms with Gasteiger partial charge in [-0.05, 0) is 49.8 Å². The Kier molecular flexibility index (Phi) is 4.83. The number of phenolic OH excluding ortho intramolecular Hbond substituents is 1. The van der Waals surface area contributed by atoms with Crippen molar-refractivity contribution in [2.75, 3.05) is 13.2 Å². The van der Waals surface area contributed by atoms with Crippen molar-refractivity contribution in [2.45, 2.75) is 38.4 Å². The molecular weight excluding hydrogens is 216 g/mol. The highest BCUT2D eigenvalue weighted by Crippen LogP contribution is 2.15. The van der Waals surface area contributed by atoms with E-state index in [2.05, 4.69) is 0 Å². The molecule has 2 rings (SSSR count). The third kappa shape index (κ3) is 4.36. The van der Waals surface area contributed by atoms with Crippen LogP contribution in [0, 0.1) is 0 Å². The minimum Gasteiger partial charge on any atom is -0.508 e. The summed E-state index contributed by atoms with van der Waals surface area (Å²) in [5, 5.41) is 9.32. The van der Waals surface area contributed by atoms with Crippen LogP contribution in [0.2, 0.25) is 0 Å². The molecule has 1 atom stereocenters. The van der Waals surface area contributed by atoms with Gasteiger partial charge in [0.2, 0.25) is 0 Å². The summed E-state index contributed by atoms with van der Waals surface area (Å²) < 4.78 is 11.1. The molecule has 3 heteroatoms. The molecule has 94 valence electrons. The third-order valence-corrected chi connectivity index (χ3v) is 2.96. The Morgan fingerprint density at radius 2 is 2.29 bits per heavy atom. The fourth-order valence-electron chi connectivity index (χ4n) is 2.05. The molecule has 1 aliphatic rings. The molecule has 0 aromatic heterocycles. The molecule has 1 unspecified atom stereocenters. The molecule has 17 heavy (non-hydrogen) atoms. The lowest BCUT2D eigenvalue weighted by Crippen LogP contribution is -2.22. The van der Waals surface area contributed by atoms with E-state index in [1.807, 2.05) is 12.1 Å². The second-order valence-corrected chi connectivity index (χ2v) is 4.44. The topological polar surface area (TPSA) is 38.7 Å². The molecule has 1 aromatic rings. The number of phenols is 1. The monoisotopic (exact) mass is 236 g/mol. The molecule has 1 saturated heterocycles. The number of hydrogen-bond donors (Lipinski definition) is 1. The fraction of sp³-hybridized carbons (Fsp3) is 0.571. The van der Waals surface area contributed by atoms with Crippen LogP contribution >= 0.6 is 0 Å². The highest BCUT2D eigenvalue weighted by molar-refractivity contribution is 5.27. The largest absolute Gasteiger partial charge is 0.508 e. The first-order chi connectivity index (χ1) is 8.34. The number of hydrogen-bond acceptors (Lipinski definition) is 3. The summed E-state index contributed by atoms with van der Waals surface area (Å²) in [6, 6.07) is 7.39. The van der Waals surface area contributed by atoms with Crippen molar-refractivity contribution >= 4 is 0 Å². The number of ether oxygens (including phenoxy) is 2. The summed E-state index contributed by atoms with van der Waals surface area (Å²) in [7, 11) is 0. The Morgan fingerprint density at radius 3 is 3.06 bits per heavy atom. The molecule has 0 saturated carbocycles. The smallest absolute Gasteiger partial charge is 0.157 e. The van der Waals surface area contributed by atoms with E-state index >= 15 is 0 Å². The number of rotatable bonds is 5. The van der Waals surface area contributed by atoms with Gasteiger partial charge in [0.1, 0.15) is 5.75 Å². The predicted molar refractivity (Wildman–Crippen MR) is 66.0 cm³/mol. The zero-order valence-corrected chi connectivity index (χ0v) is 10.1. The first kappa shape index (κ1) is 12.4. The zero-order valence-electron chi connectivity index (χ0n) is 10.1. The van der Waals surface area contributed by atoms with Crippen LogP contribution in [0.1, 0.15) is 31.2 Å². The second-order valence-electron chi connectivity index (χ2n) is 4.44. The molecule has 1 aliphatic heterocycles. The van der Waals surface area contributed by atoms with E-state index < -0.39 is 0 Å². The van der Waals surface area contributed by atoms with Gasteiger partial charge in [-0.25, -0.2) is 0 Å². The van der Waals surface area contributed by atoms with E-state index in [0.717, 1.165) is 44.5 Å². The van der Waals surface area contributed by atoms with Crippen molar-refractivity contribution in [3.63, 3.8) is 0 Å². The number of aryl methyl sites for hydroxylation is 1. The van der Waals surface area contributed by atoms with Crippen LogP contribution in [0.25, 0.3) is 0 Å². The van der Waals surface area contributed by atoms with Crippen molar-refractivity contribution in [3.8, 4) is 5.75 Å². The van der Waals surface area contributed by atoms with E-state index in [-0.39, 0.29) is 6.29 Å². The number of benzene rings is 1. The van der Waals surface area contributed by atoms with Gasteiger partial charge in [0, 0.05) is 6.61 Å². The van der Waals surface area contributed by atoms with Crippen LogP contribution in [0.15, 0.2) is 24.3 Å². The van der Waals surface area contributed by atoms with Crippen LogP contribution in [0.5, 0.6) is 5.75 Å². The predicted octanol–water partition coefficient (Wildman–Crippen LogP) is 2.87. The molecule has 1 fully saturated rings. The SMILES string of the molecule is Oc1cccc(CCCOC2CCCCO2)c1. The summed E-state index contributed by atoms with van der Waals surface area (Å²) in [6.45, 7) is 1.55. The molecule has 0 radical (unpaired) electrons. The van der Waals surface area contributed by atoms with E-state index in [0.29, 0.717) is 5.75 Å². The molecule has 0 amide bonds. The summed E-state index contributed by atoms with van der Waals surface area (Å²) in [5.41, 5.74) is 1.15. The Balaban J connectivity index is 1.62. The van der Waals surface area contributed by atoms with E-state index in [1.54, 1.807) is 12.1 Å². The Labute approximate surface area is 102 Å². The molecule has 1 heterocycles.